The van der Waals surface area contributed by atoms with Gasteiger partial charge in [0.1, 0.15) is 11.5 Å². The molecule has 2 saturated carbocycles. The summed E-state index contributed by atoms with van der Waals surface area (Å²) in [6, 6.07) is 4.10. The van der Waals surface area contributed by atoms with Crippen molar-refractivity contribution in [3.63, 3.8) is 0 Å². The Hall–Kier alpha value is -1.25. The molecule has 18 heavy (non-hydrogen) atoms. The smallest absolute Gasteiger partial charge is 0.220 e. The minimum absolute atomic E-state index is 0.152. The van der Waals surface area contributed by atoms with Gasteiger partial charge in [-0.2, -0.15) is 0 Å². The molecule has 0 aliphatic heterocycles. The molecule has 0 unspecified atom stereocenters. The van der Waals surface area contributed by atoms with Crippen LogP contribution in [0.15, 0.2) is 16.5 Å². The van der Waals surface area contributed by atoms with E-state index in [4.69, 9.17) is 4.42 Å². The lowest BCUT2D eigenvalue weighted by atomic mass is 10.2. The summed E-state index contributed by atoms with van der Waals surface area (Å²) in [5, 5.41) is 2.98. The van der Waals surface area contributed by atoms with Gasteiger partial charge in [0.2, 0.25) is 5.91 Å². The van der Waals surface area contributed by atoms with Gasteiger partial charge in [0.15, 0.2) is 0 Å². The van der Waals surface area contributed by atoms with Crippen LogP contribution in [0, 0.1) is 11.8 Å². The van der Waals surface area contributed by atoms with Crippen LogP contribution >= 0.6 is 0 Å². The lowest BCUT2D eigenvalue weighted by Crippen LogP contribution is -2.25. The van der Waals surface area contributed by atoms with Crippen LogP contribution in [-0.2, 0) is 11.2 Å². The largest absolute Gasteiger partial charge is 0.466 e. The maximum absolute atomic E-state index is 11.6. The van der Waals surface area contributed by atoms with Crippen molar-refractivity contribution in [2.75, 3.05) is 6.54 Å². The SMILES string of the molecule is C[C@@H]1C[C@H]1c1ccc(CCC(=O)NCC2CC2)o1. The molecule has 1 amide bonds. The highest BCUT2D eigenvalue weighted by Gasteiger charge is 2.36. The molecule has 0 radical (unpaired) electrons. The number of rotatable bonds is 6. The van der Waals surface area contributed by atoms with Gasteiger partial charge in [-0.1, -0.05) is 6.92 Å². The van der Waals surface area contributed by atoms with E-state index in [1.54, 1.807) is 0 Å². The molecule has 1 aromatic heterocycles. The number of carbonyl (C=O) groups excluding carboxylic acids is 1. The summed E-state index contributed by atoms with van der Waals surface area (Å²) in [6.07, 6.45) is 5.06. The van der Waals surface area contributed by atoms with E-state index in [0.717, 1.165) is 36.3 Å². The molecule has 3 heteroatoms. The number of hydrogen-bond acceptors (Lipinski definition) is 2. The van der Waals surface area contributed by atoms with Crippen LogP contribution in [0.5, 0.6) is 0 Å². The van der Waals surface area contributed by atoms with E-state index in [1.165, 1.54) is 19.3 Å². The molecular formula is C15H21NO2. The van der Waals surface area contributed by atoms with Crippen molar-refractivity contribution in [3.8, 4) is 0 Å². The molecule has 2 fully saturated rings. The molecule has 1 aromatic rings. The number of aryl methyl sites for hydroxylation is 1. The lowest BCUT2D eigenvalue weighted by Gasteiger charge is -2.02. The van der Waals surface area contributed by atoms with Crippen molar-refractivity contribution in [1.82, 2.24) is 5.32 Å². The number of nitrogens with one attached hydrogen (secondary N) is 1. The zero-order chi connectivity index (χ0) is 12.5. The fourth-order valence-corrected chi connectivity index (χ4v) is 2.35. The predicted octanol–water partition coefficient (Wildman–Crippen LogP) is 2.86. The third-order valence-corrected chi connectivity index (χ3v) is 4.04. The second kappa shape index (κ2) is 4.79. The zero-order valence-electron chi connectivity index (χ0n) is 10.9. The van der Waals surface area contributed by atoms with Gasteiger partial charge >= 0.3 is 0 Å². The summed E-state index contributed by atoms with van der Waals surface area (Å²) >= 11 is 0. The first-order valence-corrected chi connectivity index (χ1v) is 7.07. The first-order chi connectivity index (χ1) is 8.72. The number of furan rings is 1. The molecular weight excluding hydrogens is 226 g/mol. The summed E-state index contributed by atoms with van der Waals surface area (Å²) < 4.78 is 5.79. The van der Waals surface area contributed by atoms with E-state index in [1.807, 2.05) is 6.07 Å². The van der Waals surface area contributed by atoms with Gasteiger partial charge in [-0.05, 0) is 43.2 Å². The van der Waals surface area contributed by atoms with Gasteiger partial charge < -0.3 is 9.73 Å². The van der Waals surface area contributed by atoms with Crippen LogP contribution in [-0.4, -0.2) is 12.5 Å². The average Bonchev–Trinajstić information content (AvgIpc) is 3.26. The van der Waals surface area contributed by atoms with Crippen molar-refractivity contribution >= 4 is 5.91 Å². The Balaban J connectivity index is 1.41. The Bertz CT molecular complexity index is 433. The van der Waals surface area contributed by atoms with Crippen molar-refractivity contribution in [2.24, 2.45) is 11.8 Å². The van der Waals surface area contributed by atoms with Crippen LogP contribution < -0.4 is 5.32 Å². The van der Waals surface area contributed by atoms with Crippen LogP contribution in [0.4, 0.5) is 0 Å². The number of hydrogen-bond donors (Lipinski definition) is 1. The lowest BCUT2D eigenvalue weighted by molar-refractivity contribution is -0.121. The van der Waals surface area contributed by atoms with Gasteiger partial charge in [-0.25, -0.2) is 0 Å². The Morgan fingerprint density at radius 1 is 1.44 bits per heavy atom. The minimum Gasteiger partial charge on any atom is -0.466 e. The third kappa shape index (κ3) is 2.95. The van der Waals surface area contributed by atoms with Crippen molar-refractivity contribution in [2.45, 2.75) is 44.9 Å². The molecule has 3 rings (SSSR count). The van der Waals surface area contributed by atoms with Crippen molar-refractivity contribution in [1.29, 1.82) is 0 Å². The summed E-state index contributed by atoms with van der Waals surface area (Å²) in [7, 11) is 0. The van der Waals surface area contributed by atoms with Crippen LogP contribution in [0.1, 0.15) is 50.0 Å². The van der Waals surface area contributed by atoms with E-state index < -0.39 is 0 Å². The topological polar surface area (TPSA) is 42.2 Å². The van der Waals surface area contributed by atoms with Gasteiger partial charge in [-0.15, -0.1) is 0 Å². The molecule has 3 nitrogen and oxygen atoms in total. The van der Waals surface area contributed by atoms with Crippen LogP contribution in [0.25, 0.3) is 0 Å². The van der Waals surface area contributed by atoms with Gasteiger partial charge in [-0.3, -0.25) is 4.79 Å². The van der Waals surface area contributed by atoms with E-state index in [0.29, 0.717) is 12.3 Å². The van der Waals surface area contributed by atoms with Gasteiger partial charge in [0.25, 0.3) is 0 Å². The Morgan fingerprint density at radius 2 is 2.22 bits per heavy atom. The normalized spacial score (nSPS) is 26.1. The Morgan fingerprint density at radius 3 is 2.89 bits per heavy atom. The Kier molecular flexibility index (Phi) is 3.14. The average molecular weight is 247 g/mol. The van der Waals surface area contributed by atoms with Gasteiger partial charge in [0.05, 0.1) is 0 Å². The number of carbonyl (C=O) groups is 1. The van der Waals surface area contributed by atoms with Crippen molar-refractivity contribution < 1.29 is 9.21 Å². The second-order valence-electron chi connectivity index (χ2n) is 5.87. The summed E-state index contributed by atoms with van der Waals surface area (Å²) in [5.41, 5.74) is 0. The molecule has 0 saturated heterocycles. The molecule has 0 aromatic carbocycles. The molecule has 1 N–H and O–H groups in total. The van der Waals surface area contributed by atoms with Crippen LogP contribution in [0.3, 0.4) is 0 Å². The fourth-order valence-electron chi connectivity index (χ4n) is 2.35. The minimum atomic E-state index is 0.152. The monoisotopic (exact) mass is 247 g/mol. The number of amides is 1. The third-order valence-electron chi connectivity index (χ3n) is 4.04. The highest BCUT2D eigenvalue weighted by Crippen LogP contribution is 2.47. The molecule has 2 atom stereocenters. The standard InChI is InChI=1S/C15H21NO2/c1-10-8-13(10)14-6-4-12(18-14)5-7-15(17)16-9-11-2-3-11/h4,6,10-11,13H,2-3,5,7-9H2,1H3,(H,16,17)/t10-,13-/m1/s1. The molecule has 0 bridgehead atoms. The van der Waals surface area contributed by atoms with E-state index >= 15 is 0 Å². The van der Waals surface area contributed by atoms with Crippen molar-refractivity contribution in [3.05, 3.63) is 23.7 Å². The Labute approximate surface area is 108 Å². The van der Waals surface area contributed by atoms with E-state index in [-0.39, 0.29) is 5.91 Å². The first kappa shape index (κ1) is 11.8. The summed E-state index contributed by atoms with van der Waals surface area (Å²) in [6.45, 7) is 3.11. The highest BCUT2D eigenvalue weighted by atomic mass is 16.3. The van der Waals surface area contributed by atoms with E-state index in [2.05, 4.69) is 18.3 Å². The molecule has 2 aliphatic rings. The zero-order valence-corrected chi connectivity index (χ0v) is 10.9. The second-order valence-corrected chi connectivity index (χ2v) is 5.87. The van der Waals surface area contributed by atoms with Crippen LogP contribution in [0.2, 0.25) is 0 Å². The highest BCUT2D eigenvalue weighted by molar-refractivity contribution is 5.76. The summed E-state index contributed by atoms with van der Waals surface area (Å²) in [5.74, 6) is 4.36. The predicted molar refractivity (Wildman–Crippen MR) is 69.3 cm³/mol. The summed E-state index contributed by atoms with van der Waals surface area (Å²) in [4.78, 5) is 11.6. The maximum atomic E-state index is 11.6. The van der Waals surface area contributed by atoms with Gasteiger partial charge in [0, 0.05) is 25.3 Å². The molecule has 98 valence electrons. The fraction of sp³-hybridized carbons (Fsp3) is 0.667. The first-order valence-electron chi connectivity index (χ1n) is 7.07. The maximum Gasteiger partial charge on any atom is 0.220 e. The van der Waals surface area contributed by atoms with E-state index in [9.17, 15) is 4.79 Å². The quantitative estimate of drug-likeness (QED) is 0.840. The molecule has 2 aliphatic carbocycles. The molecule has 0 spiro atoms. The molecule has 1 heterocycles.